The minimum absolute atomic E-state index is 0.00438. The molecule has 2 heterocycles. The van der Waals surface area contributed by atoms with E-state index in [9.17, 15) is 4.79 Å². The van der Waals surface area contributed by atoms with Crippen molar-refractivity contribution in [1.29, 1.82) is 0 Å². The number of aromatic nitrogens is 2. The molecule has 6 nitrogen and oxygen atoms in total. The van der Waals surface area contributed by atoms with Gasteiger partial charge in [0.25, 0.3) is 0 Å². The molecule has 22 heavy (non-hydrogen) atoms. The average molecular weight is 307 g/mol. The summed E-state index contributed by atoms with van der Waals surface area (Å²) in [6.45, 7) is 11.4. The van der Waals surface area contributed by atoms with E-state index in [0.29, 0.717) is 13.1 Å². The molecular weight excluding hydrogens is 278 g/mol. The van der Waals surface area contributed by atoms with Gasteiger partial charge in [0.2, 0.25) is 5.91 Å². The molecule has 0 saturated carbocycles. The van der Waals surface area contributed by atoms with E-state index in [0.717, 1.165) is 31.0 Å². The van der Waals surface area contributed by atoms with Crippen LogP contribution >= 0.6 is 0 Å². The summed E-state index contributed by atoms with van der Waals surface area (Å²) >= 11 is 0. The molecular formula is C16H29N5O. The van der Waals surface area contributed by atoms with Crippen molar-refractivity contribution < 1.29 is 4.79 Å². The molecule has 0 aromatic carbocycles. The number of carbonyl (C=O) groups is 1. The van der Waals surface area contributed by atoms with E-state index in [1.54, 1.807) is 4.68 Å². The number of nitrogens with one attached hydrogen (secondary N) is 1. The summed E-state index contributed by atoms with van der Waals surface area (Å²) in [4.78, 5) is 14.4. The quantitative estimate of drug-likeness (QED) is 0.880. The van der Waals surface area contributed by atoms with Crippen LogP contribution in [0, 0.1) is 5.41 Å². The normalized spacial score (nSPS) is 23.0. The zero-order valence-electron chi connectivity index (χ0n) is 14.4. The number of nitrogens with zero attached hydrogens (tertiary/aromatic N) is 3. The van der Waals surface area contributed by atoms with Crippen LogP contribution in [0.3, 0.4) is 0 Å². The van der Waals surface area contributed by atoms with Crippen LogP contribution in [-0.2, 0) is 17.3 Å². The third kappa shape index (κ3) is 3.87. The Balaban J connectivity index is 1.95. The van der Waals surface area contributed by atoms with Crippen LogP contribution in [0.2, 0.25) is 0 Å². The molecule has 1 aromatic rings. The van der Waals surface area contributed by atoms with Gasteiger partial charge in [0.05, 0.1) is 12.2 Å². The monoisotopic (exact) mass is 307 g/mol. The molecule has 1 aromatic heterocycles. The van der Waals surface area contributed by atoms with Crippen molar-refractivity contribution in [2.45, 2.75) is 39.5 Å². The molecule has 1 atom stereocenters. The highest BCUT2D eigenvalue weighted by Gasteiger charge is 2.33. The van der Waals surface area contributed by atoms with Gasteiger partial charge in [-0.1, -0.05) is 27.7 Å². The molecule has 0 radical (unpaired) electrons. The molecule has 3 N–H and O–H groups in total. The first-order chi connectivity index (χ1) is 10.1. The van der Waals surface area contributed by atoms with E-state index in [1.807, 2.05) is 13.1 Å². The standard InChI is InChI=1S/C16H29N5O/c1-15(2,3)12-8-13(20(5)19-12)18-14(22)9-21-7-6-16(4,10-17)11-21/h8H,6-7,9-11,17H2,1-5H3,(H,18,22). The van der Waals surface area contributed by atoms with E-state index in [4.69, 9.17) is 5.73 Å². The number of rotatable bonds is 4. The summed E-state index contributed by atoms with van der Waals surface area (Å²) in [7, 11) is 1.85. The first kappa shape index (κ1) is 17.0. The highest BCUT2D eigenvalue weighted by molar-refractivity contribution is 5.91. The number of hydrogen-bond donors (Lipinski definition) is 2. The van der Waals surface area contributed by atoms with Gasteiger partial charge in [-0.25, -0.2) is 0 Å². The van der Waals surface area contributed by atoms with E-state index in [2.05, 4.69) is 43.0 Å². The van der Waals surface area contributed by atoms with Crippen LogP contribution in [0.5, 0.6) is 0 Å². The van der Waals surface area contributed by atoms with Crippen molar-refractivity contribution in [2.24, 2.45) is 18.2 Å². The lowest BCUT2D eigenvalue weighted by atomic mass is 9.90. The van der Waals surface area contributed by atoms with Crippen molar-refractivity contribution in [2.75, 3.05) is 31.5 Å². The van der Waals surface area contributed by atoms with Crippen LogP contribution in [0.15, 0.2) is 6.07 Å². The number of anilines is 1. The molecule has 0 spiro atoms. The minimum atomic E-state index is -0.0291. The second kappa shape index (κ2) is 6.01. The Kier molecular flexibility index (Phi) is 4.63. The minimum Gasteiger partial charge on any atom is -0.330 e. The fourth-order valence-corrected chi connectivity index (χ4v) is 2.76. The molecule has 1 saturated heterocycles. The molecule has 1 aliphatic rings. The number of likely N-dealkylation sites (tertiary alicyclic amines) is 1. The molecule has 1 fully saturated rings. The van der Waals surface area contributed by atoms with Gasteiger partial charge in [-0.15, -0.1) is 0 Å². The zero-order chi connectivity index (χ0) is 16.5. The van der Waals surface area contributed by atoms with Crippen LogP contribution in [0.25, 0.3) is 0 Å². The summed E-state index contributed by atoms with van der Waals surface area (Å²) in [5, 5.41) is 7.44. The van der Waals surface area contributed by atoms with Crippen molar-refractivity contribution in [1.82, 2.24) is 14.7 Å². The van der Waals surface area contributed by atoms with Crippen molar-refractivity contribution in [3.05, 3.63) is 11.8 Å². The maximum atomic E-state index is 12.3. The Morgan fingerprint density at radius 2 is 2.18 bits per heavy atom. The average Bonchev–Trinajstić information content (AvgIpc) is 2.94. The van der Waals surface area contributed by atoms with Gasteiger partial charge in [0.15, 0.2) is 0 Å². The number of aryl methyl sites for hydroxylation is 1. The van der Waals surface area contributed by atoms with Crippen molar-refractivity contribution >= 4 is 11.7 Å². The lowest BCUT2D eigenvalue weighted by Crippen LogP contribution is -2.35. The van der Waals surface area contributed by atoms with E-state index < -0.39 is 0 Å². The van der Waals surface area contributed by atoms with Crippen molar-refractivity contribution in [3.63, 3.8) is 0 Å². The first-order valence-corrected chi connectivity index (χ1v) is 7.90. The fourth-order valence-electron chi connectivity index (χ4n) is 2.76. The third-order valence-electron chi connectivity index (χ3n) is 4.41. The molecule has 0 aliphatic carbocycles. The summed E-state index contributed by atoms with van der Waals surface area (Å²) < 4.78 is 1.73. The molecule has 1 aliphatic heterocycles. The van der Waals surface area contributed by atoms with E-state index >= 15 is 0 Å². The number of hydrogen-bond acceptors (Lipinski definition) is 4. The SMILES string of the molecule is Cn1nc(C(C)(C)C)cc1NC(=O)CN1CCC(C)(CN)C1. The van der Waals surface area contributed by atoms with Gasteiger partial charge in [0, 0.05) is 25.1 Å². The maximum Gasteiger partial charge on any atom is 0.239 e. The Labute approximate surface area is 133 Å². The van der Waals surface area contributed by atoms with Crippen LogP contribution in [-0.4, -0.2) is 46.8 Å². The maximum absolute atomic E-state index is 12.3. The van der Waals surface area contributed by atoms with Crippen LogP contribution < -0.4 is 11.1 Å². The topological polar surface area (TPSA) is 76.2 Å². The fraction of sp³-hybridized carbons (Fsp3) is 0.750. The summed E-state index contributed by atoms with van der Waals surface area (Å²) in [6, 6.07) is 1.95. The molecule has 1 amide bonds. The summed E-state index contributed by atoms with van der Waals surface area (Å²) in [5.74, 6) is 0.750. The molecule has 2 rings (SSSR count). The highest BCUT2D eigenvalue weighted by atomic mass is 16.2. The molecule has 124 valence electrons. The first-order valence-electron chi connectivity index (χ1n) is 7.90. The summed E-state index contributed by atoms with van der Waals surface area (Å²) in [6.07, 6.45) is 1.05. The smallest absolute Gasteiger partial charge is 0.239 e. The van der Waals surface area contributed by atoms with E-state index in [1.165, 1.54) is 0 Å². The van der Waals surface area contributed by atoms with E-state index in [-0.39, 0.29) is 16.7 Å². The predicted octanol–water partition coefficient (Wildman–Crippen LogP) is 1.33. The number of amides is 1. The number of nitrogens with two attached hydrogens (primary N) is 1. The highest BCUT2D eigenvalue weighted by Crippen LogP contribution is 2.28. The Morgan fingerprint density at radius 3 is 2.68 bits per heavy atom. The number of carbonyl (C=O) groups excluding carboxylic acids is 1. The van der Waals surface area contributed by atoms with Crippen LogP contribution in [0.4, 0.5) is 5.82 Å². The molecule has 1 unspecified atom stereocenters. The Bertz CT molecular complexity index is 545. The molecule has 0 bridgehead atoms. The van der Waals surface area contributed by atoms with Gasteiger partial charge in [-0.3, -0.25) is 14.4 Å². The van der Waals surface area contributed by atoms with Gasteiger partial charge < -0.3 is 11.1 Å². The van der Waals surface area contributed by atoms with Gasteiger partial charge >= 0.3 is 0 Å². The second-order valence-electron chi connectivity index (χ2n) is 7.81. The Morgan fingerprint density at radius 1 is 1.50 bits per heavy atom. The Hall–Kier alpha value is -1.40. The van der Waals surface area contributed by atoms with Crippen molar-refractivity contribution in [3.8, 4) is 0 Å². The van der Waals surface area contributed by atoms with Gasteiger partial charge in [-0.05, 0) is 24.9 Å². The third-order valence-corrected chi connectivity index (χ3v) is 4.41. The lowest BCUT2D eigenvalue weighted by molar-refractivity contribution is -0.117. The predicted molar refractivity (Wildman–Crippen MR) is 88.8 cm³/mol. The second-order valence-corrected chi connectivity index (χ2v) is 7.81. The van der Waals surface area contributed by atoms with Crippen LogP contribution in [0.1, 0.15) is 39.8 Å². The summed E-state index contributed by atoms with van der Waals surface area (Å²) in [5.41, 5.74) is 6.90. The zero-order valence-corrected chi connectivity index (χ0v) is 14.4. The van der Waals surface area contributed by atoms with Gasteiger partial charge in [0.1, 0.15) is 5.82 Å². The van der Waals surface area contributed by atoms with Gasteiger partial charge in [-0.2, -0.15) is 5.10 Å². The largest absolute Gasteiger partial charge is 0.330 e. The molecule has 6 heteroatoms. The lowest BCUT2D eigenvalue weighted by Gasteiger charge is -2.22.